The molecule has 1 unspecified atom stereocenters. The van der Waals surface area contributed by atoms with E-state index in [-0.39, 0.29) is 12.5 Å². The first-order valence-corrected chi connectivity index (χ1v) is 7.69. The molecule has 1 heterocycles. The quantitative estimate of drug-likeness (QED) is 0.754. The number of allylic oxidation sites excluding steroid dienone is 6. The second-order valence-electron chi connectivity index (χ2n) is 5.21. The Labute approximate surface area is 122 Å². The third kappa shape index (κ3) is 9.56. The molecule has 2 N–H and O–H groups in total. The second-order valence-corrected chi connectivity index (χ2v) is 5.21. The van der Waals surface area contributed by atoms with Gasteiger partial charge in [-0.1, -0.05) is 36.5 Å². The summed E-state index contributed by atoms with van der Waals surface area (Å²) in [7, 11) is 0. The second kappa shape index (κ2) is 11.5. The van der Waals surface area contributed by atoms with E-state index in [1.54, 1.807) is 0 Å². The molecule has 0 aliphatic carbocycles. The lowest BCUT2D eigenvalue weighted by Crippen LogP contribution is -2.32. The molecule has 3 nitrogen and oxygen atoms in total. The van der Waals surface area contributed by atoms with E-state index in [1.165, 1.54) is 0 Å². The van der Waals surface area contributed by atoms with Gasteiger partial charge in [0.25, 0.3) is 0 Å². The third-order valence-electron chi connectivity index (χ3n) is 3.38. The van der Waals surface area contributed by atoms with Gasteiger partial charge >= 0.3 is 5.97 Å². The van der Waals surface area contributed by atoms with Crippen molar-refractivity contribution in [3.05, 3.63) is 36.5 Å². The lowest BCUT2D eigenvalue weighted by Gasteiger charge is -2.16. The highest BCUT2D eigenvalue weighted by molar-refractivity contribution is 5.67. The zero-order valence-electron chi connectivity index (χ0n) is 12.3. The lowest BCUT2D eigenvalue weighted by molar-refractivity contribution is -0.137. The topological polar surface area (TPSA) is 49.3 Å². The Morgan fingerprint density at radius 1 is 1.00 bits per heavy atom. The van der Waals surface area contributed by atoms with Crippen LogP contribution in [0, 0.1) is 0 Å². The maximum absolute atomic E-state index is 10.9. The highest BCUT2D eigenvalue weighted by Crippen LogP contribution is 2.06. The lowest BCUT2D eigenvalue weighted by atomic mass is 10.1. The molecule has 0 bridgehead atoms. The van der Waals surface area contributed by atoms with Gasteiger partial charge < -0.3 is 10.4 Å². The van der Waals surface area contributed by atoms with Crippen molar-refractivity contribution in [2.75, 3.05) is 6.54 Å². The monoisotopic (exact) mass is 277 g/mol. The van der Waals surface area contributed by atoms with Crippen molar-refractivity contribution in [1.82, 2.24) is 5.32 Å². The van der Waals surface area contributed by atoms with Gasteiger partial charge in [0.2, 0.25) is 0 Å². The fourth-order valence-electron chi connectivity index (χ4n) is 2.26. The molecule has 0 aromatic heterocycles. The van der Waals surface area contributed by atoms with E-state index in [2.05, 4.69) is 41.8 Å². The highest BCUT2D eigenvalue weighted by Gasteiger charge is 2.11. The van der Waals surface area contributed by atoms with Crippen LogP contribution in [0.25, 0.3) is 0 Å². The molecule has 1 aliphatic heterocycles. The van der Waals surface area contributed by atoms with Gasteiger partial charge in [-0.3, -0.25) is 4.79 Å². The molecule has 1 aliphatic rings. The van der Waals surface area contributed by atoms with E-state index in [9.17, 15) is 4.79 Å². The van der Waals surface area contributed by atoms with E-state index < -0.39 is 5.97 Å². The molecule has 0 fully saturated rings. The number of carbonyl (C=O) groups is 1. The van der Waals surface area contributed by atoms with Crippen LogP contribution >= 0.6 is 0 Å². The summed E-state index contributed by atoms with van der Waals surface area (Å²) < 4.78 is 0. The Hall–Kier alpha value is -1.35. The van der Waals surface area contributed by atoms with Gasteiger partial charge in [0, 0.05) is 6.04 Å². The van der Waals surface area contributed by atoms with E-state index in [1.807, 2.05) is 0 Å². The number of carboxylic acid groups (broad SMARTS) is 1. The number of rotatable bonds is 2. The fourth-order valence-corrected chi connectivity index (χ4v) is 2.26. The molecule has 1 rings (SSSR count). The summed E-state index contributed by atoms with van der Waals surface area (Å²) in [4.78, 5) is 10.9. The van der Waals surface area contributed by atoms with Gasteiger partial charge in [-0.05, 0) is 51.5 Å². The summed E-state index contributed by atoms with van der Waals surface area (Å²) in [5.74, 6) is -0.716. The first kappa shape index (κ1) is 16.7. The van der Waals surface area contributed by atoms with E-state index >= 15 is 0 Å². The van der Waals surface area contributed by atoms with Crippen LogP contribution in [0.5, 0.6) is 0 Å². The number of aliphatic carboxylic acids is 1. The molecule has 0 aromatic rings. The largest absolute Gasteiger partial charge is 0.481 e. The summed E-state index contributed by atoms with van der Waals surface area (Å²) in [6.07, 6.45) is 20.6. The summed E-state index contributed by atoms with van der Waals surface area (Å²) in [6.45, 7) is 0.912. The van der Waals surface area contributed by atoms with Crippen molar-refractivity contribution < 1.29 is 9.90 Å². The number of hydrogen-bond acceptors (Lipinski definition) is 2. The van der Waals surface area contributed by atoms with Gasteiger partial charge in [0.1, 0.15) is 0 Å². The van der Waals surface area contributed by atoms with Crippen LogP contribution in [0.15, 0.2) is 36.5 Å². The van der Waals surface area contributed by atoms with Gasteiger partial charge in [-0.25, -0.2) is 0 Å². The van der Waals surface area contributed by atoms with Crippen molar-refractivity contribution >= 4 is 5.97 Å². The Kier molecular flexibility index (Phi) is 9.58. The minimum atomic E-state index is -0.716. The van der Waals surface area contributed by atoms with Crippen molar-refractivity contribution in [1.29, 1.82) is 0 Å². The van der Waals surface area contributed by atoms with Crippen LogP contribution in [-0.4, -0.2) is 23.7 Å². The van der Waals surface area contributed by atoms with Crippen molar-refractivity contribution in [2.24, 2.45) is 0 Å². The first-order chi connectivity index (χ1) is 9.79. The van der Waals surface area contributed by atoms with Crippen LogP contribution < -0.4 is 5.32 Å². The molecule has 112 valence electrons. The highest BCUT2D eigenvalue weighted by atomic mass is 16.4. The van der Waals surface area contributed by atoms with Crippen LogP contribution in [0.1, 0.15) is 51.4 Å². The molecule has 3 heteroatoms. The molecule has 0 saturated heterocycles. The summed E-state index contributed by atoms with van der Waals surface area (Å²) >= 11 is 0. The smallest absolute Gasteiger partial charge is 0.304 e. The van der Waals surface area contributed by atoms with Crippen LogP contribution in [0.2, 0.25) is 0 Å². The minimum Gasteiger partial charge on any atom is -0.481 e. The Bertz CT molecular complexity index is 345. The normalized spacial score (nSPS) is 22.7. The van der Waals surface area contributed by atoms with Crippen molar-refractivity contribution in [2.45, 2.75) is 57.4 Å². The molecule has 0 saturated carbocycles. The van der Waals surface area contributed by atoms with Crippen LogP contribution in [0.4, 0.5) is 0 Å². The van der Waals surface area contributed by atoms with Crippen molar-refractivity contribution in [3.8, 4) is 0 Å². The predicted octanol–water partition coefficient (Wildman–Crippen LogP) is 3.83. The van der Waals surface area contributed by atoms with Gasteiger partial charge in [0.15, 0.2) is 0 Å². The van der Waals surface area contributed by atoms with E-state index in [0.29, 0.717) is 0 Å². The van der Waals surface area contributed by atoms with Gasteiger partial charge in [-0.15, -0.1) is 0 Å². The molecule has 0 amide bonds. The fraction of sp³-hybridized carbons (Fsp3) is 0.588. The Morgan fingerprint density at radius 3 is 2.35 bits per heavy atom. The molecule has 1 atom stereocenters. The molecule has 20 heavy (non-hydrogen) atoms. The average molecular weight is 277 g/mol. The van der Waals surface area contributed by atoms with E-state index in [4.69, 9.17) is 5.11 Å². The summed E-state index contributed by atoms with van der Waals surface area (Å²) in [5, 5.41) is 12.3. The number of nitrogens with one attached hydrogen (secondary N) is 1. The Balaban J connectivity index is 2.43. The molecule has 0 radical (unpaired) electrons. The zero-order chi connectivity index (χ0) is 14.5. The predicted molar refractivity (Wildman–Crippen MR) is 83.8 cm³/mol. The summed E-state index contributed by atoms with van der Waals surface area (Å²) in [5.41, 5.74) is 0. The number of hydrogen-bond donors (Lipinski definition) is 2. The van der Waals surface area contributed by atoms with E-state index in [0.717, 1.165) is 51.5 Å². The SMILES string of the molecule is O=C(O)CC1CCC=CCC=CCC=CCCCCN1. The molecular formula is C17H27NO2. The van der Waals surface area contributed by atoms with Crippen LogP contribution in [-0.2, 0) is 4.79 Å². The maximum atomic E-state index is 10.9. The average Bonchev–Trinajstić information content (AvgIpc) is 2.40. The third-order valence-corrected chi connectivity index (χ3v) is 3.38. The standard InChI is InChI=1S/C17H27NO2/c19-17(20)15-16-13-11-9-7-5-3-1-2-4-6-8-10-12-14-18-16/h1,3-4,6-7,9,16,18H,2,5,8,10-15H2,(H,19,20). The first-order valence-electron chi connectivity index (χ1n) is 7.69. The zero-order valence-corrected chi connectivity index (χ0v) is 12.3. The maximum Gasteiger partial charge on any atom is 0.304 e. The minimum absolute atomic E-state index is 0.0936. The van der Waals surface area contributed by atoms with Gasteiger partial charge in [0.05, 0.1) is 6.42 Å². The molecule has 0 spiro atoms. The summed E-state index contributed by atoms with van der Waals surface area (Å²) in [6, 6.07) is 0.0936. The van der Waals surface area contributed by atoms with Gasteiger partial charge in [-0.2, -0.15) is 0 Å². The molecule has 0 aromatic carbocycles. The number of carboxylic acids is 1. The van der Waals surface area contributed by atoms with Crippen LogP contribution in [0.3, 0.4) is 0 Å². The Morgan fingerprint density at radius 2 is 1.65 bits per heavy atom. The molecular weight excluding hydrogens is 250 g/mol. The van der Waals surface area contributed by atoms with Crippen molar-refractivity contribution in [3.63, 3.8) is 0 Å².